The van der Waals surface area contributed by atoms with Crippen molar-refractivity contribution in [1.29, 1.82) is 0 Å². The van der Waals surface area contributed by atoms with Crippen molar-refractivity contribution in [2.24, 2.45) is 11.7 Å². The Morgan fingerprint density at radius 1 is 1.38 bits per heavy atom. The van der Waals surface area contributed by atoms with Crippen LogP contribution in [0.15, 0.2) is 24.3 Å². The SMILES string of the molecule is CCC(C)C(N)C(=O)c1ccc(OC)cc1. The van der Waals surface area contributed by atoms with Crippen LogP contribution < -0.4 is 10.5 Å². The van der Waals surface area contributed by atoms with Crippen molar-refractivity contribution in [1.82, 2.24) is 0 Å². The van der Waals surface area contributed by atoms with Gasteiger partial charge in [-0.05, 0) is 30.2 Å². The molecule has 0 saturated heterocycles. The van der Waals surface area contributed by atoms with E-state index >= 15 is 0 Å². The fourth-order valence-electron chi connectivity index (χ4n) is 1.46. The zero-order valence-electron chi connectivity index (χ0n) is 10.1. The molecule has 0 bridgehead atoms. The molecule has 0 aliphatic heterocycles. The van der Waals surface area contributed by atoms with E-state index in [1.807, 2.05) is 13.8 Å². The summed E-state index contributed by atoms with van der Waals surface area (Å²) in [5.74, 6) is 0.945. The second kappa shape index (κ2) is 5.66. The van der Waals surface area contributed by atoms with Crippen LogP contribution in [0.4, 0.5) is 0 Å². The first-order chi connectivity index (χ1) is 7.60. The van der Waals surface area contributed by atoms with Gasteiger partial charge in [-0.15, -0.1) is 0 Å². The Morgan fingerprint density at radius 2 is 1.94 bits per heavy atom. The van der Waals surface area contributed by atoms with Crippen molar-refractivity contribution in [3.63, 3.8) is 0 Å². The molecule has 2 N–H and O–H groups in total. The van der Waals surface area contributed by atoms with Gasteiger partial charge in [0.25, 0.3) is 0 Å². The van der Waals surface area contributed by atoms with E-state index in [0.717, 1.165) is 12.2 Å². The van der Waals surface area contributed by atoms with Crippen LogP contribution >= 0.6 is 0 Å². The van der Waals surface area contributed by atoms with Crippen molar-refractivity contribution in [3.05, 3.63) is 29.8 Å². The van der Waals surface area contributed by atoms with Gasteiger partial charge in [0.15, 0.2) is 5.78 Å². The molecule has 0 aromatic heterocycles. The summed E-state index contributed by atoms with van der Waals surface area (Å²) in [5.41, 5.74) is 6.54. The minimum Gasteiger partial charge on any atom is -0.497 e. The second-order valence-corrected chi connectivity index (χ2v) is 4.00. The van der Waals surface area contributed by atoms with Gasteiger partial charge in [0.1, 0.15) is 5.75 Å². The number of hydrogen-bond acceptors (Lipinski definition) is 3. The highest BCUT2D eigenvalue weighted by atomic mass is 16.5. The topological polar surface area (TPSA) is 52.3 Å². The summed E-state index contributed by atoms with van der Waals surface area (Å²) in [7, 11) is 1.60. The maximum absolute atomic E-state index is 12.0. The summed E-state index contributed by atoms with van der Waals surface area (Å²) in [6.07, 6.45) is 0.906. The van der Waals surface area contributed by atoms with Gasteiger partial charge in [0.05, 0.1) is 13.2 Å². The van der Waals surface area contributed by atoms with E-state index in [-0.39, 0.29) is 11.7 Å². The molecule has 88 valence electrons. The molecule has 0 fully saturated rings. The van der Waals surface area contributed by atoms with Gasteiger partial charge in [0, 0.05) is 5.56 Å². The highest BCUT2D eigenvalue weighted by molar-refractivity contribution is 6.00. The summed E-state index contributed by atoms with van der Waals surface area (Å²) in [5, 5.41) is 0. The van der Waals surface area contributed by atoms with Crippen molar-refractivity contribution < 1.29 is 9.53 Å². The van der Waals surface area contributed by atoms with Gasteiger partial charge < -0.3 is 10.5 Å². The fraction of sp³-hybridized carbons (Fsp3) is 0.462. The Kier molecular flexibility index (Phi) is 4.50. The third kappa shape index (κ3) is 2.83. The Balaban J connectivity index is 2.80. The second-order valence-electron chi connectivity index (χ2n) is 4.00. The quantitative estimate of drug-likeness (QED) is 0.776. The van der Waals surface area contributed by atoms with Crippen molar-refractivity contribution in [3.8, 4) is 5.75 Å². The van der Waals surface area contributed by atoms with E-state index in [1.165, 1.54) is 0 Å². The average Bonchev–Trinajstić information content (AvgIpc) is 2.36. The molecule has 0 spiro atoms. The zero-order valence-corrected chi connectivity index (χ0v) is 10.1. The maximum atomic E-state index is 12.0. The first-order valence-corrected chi connectivity index (χ1v) is 5.54. The Hall–Kier alpha value is -1.35. The molecule has 0 radical (unpaired) electrons. The summed E-state index contributed by atoms with van der Waals surface area (Å²) >= 11 is 0. The van der Waals surface area contributed by atoms with Crippen LogP contribution in [-0.2, 0) is 0 Å². The zero-order chi connectivity index (χ0) is 12.1. The first-order valence-electron chi connectivity index (χ1n) is 5.54. The summed E-state index contributed by atoms with van der Waals surface area (Å²) in [6, 6.07) is 6.64. The molecule has 3 nitrogen and oxygen atoms in total. The number of methoxy groups -OCH3 is 1. The molecule has 2 atom stereocenters. The summed E-state index contributed by atoms with van der Waals surface area (Å²) in [4.78, 5) is 12.0. The van der Waals surface area contributed by atoms with Crippen LogP contribution in [-0.4, -0.2) is 18.9 Å². The average molecular weight is 221 g/mol. The van der Waals surface area contributed by atoms with Gasteiger partial charge in [-0.3, -0.25) is 4.79 Å². The standard InChI is InChI=1S/C13H19NO2/c1-4-9(2)12(14)13(15)10-5-7-11(16-3)8-6-10/h5-9,12H,4,14H2,1-3H3. The number of ether oxygens (including phenoxy) is 1. The first kappa shape index (κ1) is 12.7. The van der Waals surface area contributed by atoms with Crippen LogP contribution in [0.3, 0.4) is 0 Å². The summed E-state index contributed by atoms with van der Waals surface area (Å²) < 4.78 is 5.04. The lowest BCUT2D eigenvalue weighted by Gasteiger charge is -2.16. The molecule has 3 heteroatoms. The van der Waals surface area contributed by atoms with E-state index in [9.17, 15) is 4.79 Å². The lowest BCUT2D eigenvalue weighted by molar-refractivity contribution is 0.0935. The van der Waals surface area contributed by atoms with Crippen LogP contribution in [0.5, 0.6) is 5.75 Å². The number of nitrogens with two attached hydrogens (primary N) is 1. The molecule has 0 amide bonds. The third-order valence-corrected chi connectivity index (χ3v) is 2.93. The fourth-order valence-corrected chi connectivity index (χ4v) is 1.46. The monoisotopic (exact) mass is 221 g/mol. The Labute approximate surface area is 96.6 Å². The molecule has 1 aromatic rings. The molecule has 1 aromatic carbocycles. The molecule has 16 heavy (non-hydrogen) atoms. The summed E-state index contributed by atoms with van der Waals surface area (Å²) in [6.45, 7) is 4.03. The van der Waals surface area contributed by atoms with Crippen molar-refractivity contribution >= 4 is 5.78 Å². The number of rotatable bonds is 5. The van der Waals surface area contributed by atoms with Crippen LogP contribution in [0.2, 0.25) is 0 Å². The van der Waals surface area contributed by atoms with E-state index in [0.29, 0.717) is 5.56 Å². The van der Waals surface area contributed by atoms with Gasteiger partial charge in [-0.2, -0.15) is 0 Å². The minimum atomic E-state index is -0.418. The minimum absolute atomic E-state index is 0.00277. The number of Topliss-reactive ketones (excluding diaryl/α,β-unsaturated/α-hetero) is 1. The Morgan fingerprint density at radius 3 is 2.38 bits per heavy atom. The van der Waals surface area contributed by atoms with E-state index in [4.69, 9.17) is 10.5 Å². The highest BCUT2D eigenvalue weighted by Crippen LogP contribution is 2.15. The highest BCUT2D eigenvalue weighted by Gasteiger charge is 2.20. The van der Waals surface area contributed by atoms with Gasteiger partial charge in [-0.1, -0.05) is 20.3 Å². The molecular weight excluding hydrogens is 202 g/mol. The predicted molar refractivity (Wildman–Crippen MR) is 64.8 cm³/mol. The normalized spacial score (nSPS) is 14.2. The molecule has 0 heterocycles. The molecular formula is C13H19NO2. The molecule has 2 unspecified atom stereocenters. The van der Waals surface area contributed by atoms with Crippen LogP contribution in [0, 0.1) is 5.92 Å². The third-order valence-electron chi connectivity index (χ3n) is 2.93. The smallest absolute Gasteiger partial charge is 0.179 e. The van der Waals surface area contributed by atoms with Crippen LogP contribution in [0.25, 0.3) is 0 Å². The van der Waals surface area contributed by atoms with E-state index in [1.54, 1.807) is 31.4 Å². The van der Waals surface area contributed by atoms with Crippen molar-refractivity contribution in [2.45, 2.75) is 26.3 Å². The maximum Gasteiger partial charge on any atom is 0.179 e. The predicted octanol–water partition coefficient (Wildman–Crippen LogP) is 2.25. The molecule has 1 rings (SSSR count). The number of carbonyl (C=O) groups is 1. The van der Waals surface area contributed by atoms with Gasteiger partial charge in [-0.25, -0.2) is 0 Å². The number of ketones is 1. The van der Waals surface area contributed by atoms with Crippen LogP contribution in [0.1, 0.15) is 30.6 Å². The lowest BCUT2D eigenvalue weighted by Crippen LogP contribution is -2.36. The number of carbonyl (C=O) groups excluding carboxylic acids is 1. The van der Waals surface area contributed by atoms with E-state index in [2.05, 4.69) is 0 Å². The molecule has 0 aliphatic carbocycles. The molecule has 0 aliphatic rings. The Bertz CT molecular complexity index is 345. The van der Waals surface area contributed by atoms with Gasteiger partial charge in [0.2, 0.25) is 0 Å². The van der Waals surface area contributed by atoms with E-state index < -0.39 is 6.04 Å². The number of hydrogen-bond donors (Lipinski definition) is 1. The van der Waals surface area contributed by atoms with Gasteiger partial charge >= 0.3 is 0 Å². The number of benzene rings is 1. The largest absolute Gasteiger partial charge is 0.497 e. The van der Waals surface area contributed by atoms with Crippen molar-refractivity contribution in [2.75, 3.05) is 7.11 Å². The molecule has 0 saturated carbocycles. The lowest BCUT2D eigenvalue weighted by atomic mass is 9.93.